The zero-order chi connectivity index (χ0) is 20.9. The summed E-state index contributed by atoms with van der Waals surface area (Å²) in [7, 11) is -3.63. The molecule has 0 radical (unpaired) electrons. The maximum Gasteiger partial charge on any atom is 0.335 e. The number of piperidine rings is 1. The van der Waals surface area contributed by atoms with Gasteiger partial charge in [0.05, 0.1) is 16.7 Å². The van der Waals surface area contributed by atoms with E-state index in [0.717, 1.165) is 19.3 Å². The molecule has 2 N–H and O–H groups in total. The third kappa shape index (κ3) is 5.07. The highest BCUT2D eigenvalue weighted by Gasteiger charge is 2.26. The second-order valence-electron chi connectivity index (χ2n) is 6.62. The Morgan fingerprint density at radius 1 is 1.00 bits per heavy atom. The fourth-order valence-corrected chi connectivity index (χ4v) is 4.56. The minimum atomic E-state index is -3.63. The Balaban J connectivity index is 1.68. The normalized spacial score (nSPS) is 15.3. The molecule has 0 spiro atoms. The van der Waals surface area contributed by atoms with Crippen molar-refractivity contribution in [2.75, 3.05) is 13.1 Å². The average Bonchev–Trinajstić information content (AvgIpc) is 2.74. The fourth-order valence-electron chi connectivity index (χ4n) is 2.99. The van der Waals surface area contributed by atoms with Crippen molar-refractivity contribution in [1.82, 2.24) is 9.73 Å². The standard InChI is InChI=1S/C20H21N3O5S/c24-19(22-21-14-15-7-9-16(10-8-15)20(25)26)17-5-4-6-18(13-17)29(27,28)23-11-2-1-3-12-23/h4-10,13-14H,1-3,11-12H2,(H,22,24)(H,25,26)/b21-14+. The SMILES string of the molecule is O=C(O)c1ccc(/C=N/NC(=O)c2cccc(S(=O)(=O)N3CCCCC3)c2)cc1. The molecule has 2 aromatic rings. The molecule has 152 valence electrons. The quantitative estimate of drug-likeness (QED) is 0.555. The first-order valence-corrected chi connectivity index (χ1v) is 10.6. The zero-order valence-corrected chi connectivity index (χ0v) is 16.4. The number of sulfonamides is 1. The van der Waals surface area contributed by atoms with Gasteiger partial charge in [0.1, 0.15) is 0 Å². The Kier molecular flexibility index (Phi) is 6.40. The van der Waals surface area contributed by atoms with Crippen LogP contribution in [-0.2, 0) is 10.0 Å². The van der Waals surface area contributed by atoms with Gasteiger partial charge in [-0.05, 0) is 48.7 Å². The van der Waals surface area contributed by atoms with Crippen LogP contribution in [0.25, 0.3) is 0 Å². The number of carbonyl (C=O) groups excluding carboxylic acids is 1. The molecule has 8 nitrogen and oxygen atoms in total. The summed E-state index contributed by atoms with van der Waals surface area (Å²) in [6.45, 7) is 0.980. The predicted molar refractivity (Wildman–Crippen MR) is 108 cm³/mol. The second kappa shape index (κ2) is 8.97. The van der Waals surface area contributed by atoms with Crippen molar-refractivity contribution in [3.8, 4) is 0 Å². The summed E-state index contributed by atoms with van der Waals surface area (Å²) in [5, 5.41) is 12.7. The maximum atomic E-state index is 12.8. The molecule has 3 rings (SSSR count). The highest BCUT2D eigenvalue weighted by molar-refractivity contribution is 7.89. The van der Waals surface area contributed by atoms with Gasteiger partial charge in [0.25, 0.3) is 5.91 Å². The first-order chi connectivity index (χ1) is 13.9. The van der Waals surface area contributed by atoms with Gasteiger partial charge in [-0.1, -0.05) is 24.6 Å². The van der Waals surface area contributed by atoms with E-state index in [1.807, 2.05) is 0 Å². The fraction of sp³-hybridized carbons (Fsp3) is 0.250. The van der Waals surface area contributed by atoms with Gasteiger partial charge in [0, 0.05) is 18.7 Å². The number of rotatable bonds is 6. The van der Waals surface area contributed by atoms with E-state index in [4.69, 9.17) is 5.11 Å². The molecule has 1 aliphatic rings. The average molecular weight is 415 g/mol. The summed E-state index contributed by atoms with van der Waals surface area (Å²) in [4.78, 5) is 23.2. The summed E-state index contributed by atoms with van der Waals surface area (Å²) in [5.74, 6) is -1.57. The zero-order valence-electron chi connectivity index (χ0n) is 15.6. The van der Waals surface area contributed by atoms with Crippen molar-refractivity contribution in [2.45, 2.75) is 24.2 Å². The number of carboxylic acid groups (broad SMARTS) is 1. The van der Waals surface area contributed by atoms with Gasteiger partial charge in [-0.15, -0.1) is 0 Å². The van der Waals surface area contributed by atoms with Gasteiger partial charge in [-0.2, -0.15) is 9.41 Å². The molecule has 1 heterocycles. The molecule has 29 heavy (non-hydrogen) atoms. The van der Waals surface area contributed by atoms with Crippen LogP contribution in [0.5, 0.6) is 0 Å². The number of nitrogens with zero attached hydrogens (tertiary/aromatic N) is 2. The largest absolute Gasteiger partial charge is 0.478 e. The molecular weight excluding hydrogens is 394 g/mol. The van der Waals surface area contributed by atoms with Crippen LogP contribution in [0.4, 0.5) is 0 Å². The maximum absolute atomic E-state index is 12.8. The van der Waals surface area contributed by atoms with E-state index in [9.17, 15) is 18.0 Å². The van der Waals surface area contributed by atoms with E-state index in [1.54, 1.807) is 12.1 Å². The Bertz CT molecular complexity index is 1030. The molecule has 0 aromatic heterocycles. The number of benzene rings is 2. The Morgan fingerprint density at radius 3 is 2.34 bits per heavy atom. The van der Waals surface area contributed by atoms with Crippen molar-refractivity contribution in [2.24, 2.45) is 5.10 Å². The predicted octanol–water partition coefficient (Wildman–Crippen LogP) is 2.32. The lowest BCUT2D eigenvalue weighted by Crippen LogP contribution is -2.35. The highest BCUT2D eigenvalue weighted by atomic mass is 32.2. The van der Waals surface area contributed by atoms with E-state index in [1.165, 1.54) is 46.9 Å². The van der Waals surface area contributed by atoms with Gasteiger partial charge in [-0.25, -0.2) is 18.6 Å². The molecule has 0 saturated carbocycles. The summed E-state index contributed by atoms with van der Waals surface area (Å²) in [6.07, 6.45) is 4.06. The van der Waals surface area contributed by atoms with Gasteiger partial charge in [-0.3, -0.25) is 4.79 Å². The molecule has 1 aliphatic heterocycles. The van der Waals surface area contributed by atoms with Crippen LogP contribution in [0.1, 0.15) is 45.5 Å². The first kappa shape index (κ1) is 20.7. The number of hydrogen-bond acceptors (Lipinski definition) is 5. The van der Waals surface area contributed by atoms with Crippen molar-refractivity contribution in [1.29, 1.82) is 0 Å². The van der Waals surface area contributed by atoms with Gasteiger partial charge in [0.2, 0.25) is 10.0 Å². The third-order valence-electron chi connectivity index (χ3n) is 4.59. The van der Waals surface area contributed by atoms with Gasteiger partial charge < -0.3 is 5.11 Å². The molecule has 0 bridgehead atoms. The van der Waals surface area contributed by atoms with Crippen LogP contribution in [0, 0.1) is 0 Å². The van der Waals surface area contributed by atoms with Crippen LogP contribution in [0.3, 0.4) is 0 Å². The molecule has 0 unspecified atom stereocenters. The first-order valence-electron chi connectivity index (χ1n) is 9.15. The van der Waals surface area contributed by atoms with Gasteiger partial charge >= 0.3 is 5.97 Å². The Hall–Kier alpha value is -3.04. The molecule has 1 saturated heterocycles. The van der Waals surface area contributed by atoms with Crippen molar-refractivity contribution >= 4 is 28.1 Å². The topological polar surface area (TPSA) is 116 Å². The van der Waals surface area contributed by atoms with Crippen LogP contribution < -0.4 is 5.43 Å². The number of nitrogens with one attached hydrogen (secondary N) is 1. The summed E-state index contributed by atoms with van der Waals surface area (Å²) in [5.41, 5.74) is 3.29. The lowest BCUT2D eigenvalue weighted by atomic mass is 10.1. The molecule has 2 aromatic carbocycles. The number of hydrogen-bond donors (Lipinski definition) is 2. The van der Waals surface area contributed by atoms with E-state index < -0.39 is 21.9 Å². The lowest BCUT2D eigenvalue weighted by Gasteiger charge is -2.25. The van der Waals surface area contributed by atoms with Crippen LogP contribution >= 0.6 is 0 Å². The van der Waals surface area contributed by atoms with Gasteiger partial charge in [0.15, 0.2) is 0 Å². The van der Waals surface area contributed by atoms with Crippen molar-refractivity contribution < 1.29 is 23.1 Å². The number of aromatic carboxylic acids is 1. The molecule has 0 atom stereocenters. The number of hydrazone groups is 1. The summed E-state index contributed by atoms with van der Waals surface area (Å²) in [6, 6.07) is 11.9. The van der Waals surface area contributed by atoms with E-state index >= 15 is 0 Å². The Labute approximate surface area is 168 Å². The number of carbonyl (C=O) groups is 2. The molecule has 9 heteroatoms. The van der Waals surface area contributed by atoms with E-state index in [-0.39, 0.29) is 16.0 Å². The number of carboxylic acids is 1. The summed E-state index contributed by atoms with van der Waals surface area (Å²) >= 11 is 0. The lowest BCUT2D eigenvalue weighted by molar-refractivity contribution is 0.0696. The molecule has 1 fully saturated rings. The minimum absolute atomic E-state index is 0.0836. The van der Waals surface area contributed by atoms with E-state index in [2.05, 4.69) is 10.5 Å². The van der Waals surface area contributed by atoms with Crippen molar-refractivity contribution in [3.05, 3.63) is 65.2 Å². The van der Waals surface area contributed by atoms with Crippen LogP contribution in [0.2, 0.25) is 0 Å². The molecule has 1 amide bonds. The Morgan fingerprint density at radius 2 is 1.69 bits per heavy atom. The van der Waals surface area contributed by atoms with E-state index in [0.29, 0.717) is 18.7 Å². The minimum Gasteiger partial charge on any atom is -0.478 e. The monoisotopic (exact) mass is 415 g/mol. The van der Waals surface area contributed by atoms with Crippen molar-refractivity contribution in [3.63, 3.8) is 0 Å². The number of amides is 1. The highest BCUT2D eigenvalue weighted by Crippen LogP contribution is 2.21. The van der Waals surface area contributed by atoms with Crippen LogP contribution in [-0.4, -0.2) is 49.0 Å². The third-order valence-corrected chi connectivity index (χ3v) is 6.48. The van der Waals surface area contributed by atoms with Crippen LogP contribution in [0.15, 0.2) is 58.5 Å². The summed E-state index contributed by atoms with van der Waals surface area (Å²) < 4.78 is 27.0. The smallest absolute Gasteiger partial charge is 0.335 e. The second-order valence-corrected chi connectivity index (χ2v) is 8.56. The molecule has 0 aliphatic carbocycles. The molecular formula is C20H21N3O5S.